The van der Waals surface area contributed by atoms with Crippen molar-refractivity contribution in [2.45, 2.75) is 50.9 Å². The molecule has 31 heavy (non-hydrogen) atoms. The van der Waals surface area contributed by atoms with Crippen molar-refractivity contribution in [2.75, 3.05) is 6.54 Å². The number of hydrogen-bond acceptors (Lipinski definition) is 5. The molecule has 7 heteroatoms. The summed E-state index contributed by atoms with van der Waals surface area (Å²) in [5.74, 6) is 0.925. The van der Waals surface area contributed by atoms with Crippen LogP contribution in [0.4, 0.5) is 4.79 Å². The molecule has 1 aliphatic carbocycles. The number of urea groups is 1. The average molecular weight is 417 g/mol. The number of carbonyl (C=O) groups is 1. The molecule has 1 aromatic carbocycles. The van der Waals surface area contributed by atoms with Crippen LogP contribution in [0.15, 0.2) is 42.6 Å². The van der Waals surface area contributed by atoms with Gasteiger partial charge in [-0.2, -0.15) is 5.26 Å². The Hall–Kier alpha value is -2.95. The van der Waals surface area contributed by atoms with E-state index in [9.17, 15) is 4.79 Å². The molecule has 3 aliphatic rings. The normalized spacial score (nSPS) is 29.6. The van der Waals surface area contributed by atoms with Crippen molar-refractivity contribution in [1.82, 2.24) is 26.1 Å². The molecule has 2 saturated heterocycles. The molecule has 2 amide bonds. The number of pyridine rings is 1. The highest BCUT2D eigenvalue weighted by Gasteiger charge is 2.47. The summed E-state index contributed by atoms with van der Waals surface area (Å²) in [5.41, 5.74) is 11.4. The van der Waals surface area contributed by atoms with E-state index in [-0.39, 0.29) is 18.1 Å². The Morgan fingerprint density at radius 3 is 2.71 bits per heavy atom. The molecule has 2 aliphatic heterocycles. The number of nitriles is 1. The van der Waals surface area contributed by atoms with Gasteiger partial charge >= 0.3 is 6.03 Å². The van der Waals surface area contributed by atoms with Gasteiger partial charge in [-0.25, -0.2) is 10.2 Å². The van der Waals surface area contributed by atoms with E-state index in [1.807, 2.05) is 42.3 Å². The third-order valence-corrected chi connectivity index (χ3v) is 7.03. The molecule has 7 nitrogen and oxygen atoms in total. The number of aryl methyl sites for hydroxylation is 1. The molecule has 0 spiro atoms. The highest BCUT2D eigenvalue weighted by Crippen LogP contribution is 2.41. The monoisotopic (exact) mass is 416 g/mol. The number of nitrogens with zero attached hydrogens (tertiary/aromatic N) is 3. The largest absolute Gasteiger partial charge is 0.335 e. The Labute approximate surface area is 182 Å². The first-order valence-corrected chi connectivity index (χ1v) is 11.0. The van der Waals surface area contributed by atoms with Crippen molar-refractivity contribution in [3.63, 3.8) is 0 Å². The van der Waals surface area contributed by atoms with E-state index in [0.29, 0.717) is 30.8 Å². The third-order valence-electron chi connectivity index (χ3n) is 7.03. The van der Waals surface area contributed by atoms with Crippen molar-refractivity contribution in [3.8, 4) is 6.07 Å². The summed E-state index contributed by atoms with van der Waals surface area (Å²) in [4.78, 5) is 19.0. The highest BCUT2D eigenvalue weighted by atomic mass is 16.2. The van der Waals surface area contributed by atoms with Crippen LogP contribution in [-0.4, -0.2) is 34.5 Å². The van der Waals surface area contributed by atoms with Crippen molar-refractivity contribution < 1.29 is 4.79 Å². The second-order valence-electron chi connectivity index (χ2n) is 9.09. The summed E-state index contributed by atoms with van der Waals surface area (Å²) < 4.78 is 0. The lowest BCUT2D eigenvalue weighted by molar-refractivity contribution is 0.0961. The van der Waals surface area contributed by atoms with Gasteiger partial charge in [0.1, 0.15) is 0 Å². The fourth-order valence-corrected chi connectivity index (χ4v) is 5.45. The summed E-state index contributed by atoms with van der Waals surface area (Å²) in [6.45, 7) is 3.41. The topological polar surface area (TPSA) is 93.1 Å². The minimum absolute atomic E-state index is 0.0214. The SMILES string of the molecule is Cc1cc(C2NNC3CC4NC(=O)N(Cc5ccc(CC#N)cc5)CC4CC32)ccn1. The van der Waals surface area contributed by atoms with E-state index in [1.54, 1.807) is 0 Å². The molecule has 3 N–H and O–H groups in total. The number of hydrogen-bond donors (Lipinski definition) is 3. The molecular weight excluding hydrogens is 388 g/mol. The second kappa shape index (κ2) is 8.29. The number of benzene rings is 1. The van der Waals surface area contributed by atoms with E-state index in [0.717, 1.165) is 36.2 Å². The Kier molecular flexibility index (Phi) is 5.34. The van der Waals surface area contributed by atoms with Gasteiger partial charge in [-0.05, 0) is 60.4 Å². The number of rotatable bonds is 4. The zero-order chi connectivity index (χ0) is 21.4. The first-order valence-electron chi connectivity index (χ1n) is 11.0. The van der Waals surface area contributed by atoms with Gasteiger partial charge < -0.3 is 10.2 Å². The van der Waals surface area contributed by atoms with Crippen LogP contribution in [0.2, 0.25) is 0 Å². The van der Waals surface area contributed by atoms with Gasteiger partial charge in [-0.15, -0.1) is 0 Å². The van der Waals surface area contributed by atoms with Gasteiger partial charge in [0.25, 0.3) is 0 Å². The zero-order valence-electron chi connectivity index (χ0n) is 17.7. The predicted octanol–water partition coefficient (Wildman–Crippen LogP) is 2.59. The van der Waals surface area contributed by atoms with Gasteiger partial charge in [0, 0.05) is 37.1 Å². The van der Waals surface area contributed by atoms with E-state index in [4.69, 9.17) is 5.26 Å². The van der Waals surface area contributed by atoms with Crippen LogP contribution in [0, 0.1) is 30.1 Å². The number of nitrogens with one attached hydrogen (secondary N) is 3. The molecule has 5 unspecified atom stereocenters. The fourth-order valence-electron chi connectivity index (χ4n) is 5.45. The summed E-state index contributed by atoms with van der Waals surface area (Å²) in [7, 11) is 0. The lowest BCUT2D eigenvalue weighted by Gasteiger charge is -2.45. The molecular formula is C24H28N6O. The summed E-state index contributed by atoms with van der Waals surface area (Å²) in [5, 5.41) is 12.1. The van der Waals surface area contributed by atoms with Crippen LogP contribution in [0.1, 0.15) is 41.3 Å². The minimum Gasteiger partial charge on any atom is -0.335 e. The van der Waals surface area contributed by atoms with Crippen LogP contribution < -0.4 is 16.2 Å². The number of hydrazine groups is 1. The first-order chi connectivity index (χ1) is 15.1. The van der Waals surface area contributed by atoms with E-state index in [1.165, 1.54) is 5.56 Å². The maximum atomic E-state index is 12.8. The van der Waals surface area contributed by atoms with Crippen LogP contribution in [0.25, 0.3) is 0 Å². The Bertz CT molecular complexity index is 1000. The lowest BCUT2D eigenvalue weighted by Crippen LogP contribution is -2.60. The van der Waals surface area contributed by atoms with E-state index in [2.05, 4.69) is 39.4 Å². The summed E-state index contributed by atoms with van der Waals surface area (Å²) in [6.07, 6.45) is 4.32. The molecule has 1 aromatic heterocycles. The lowest BCUT2D eigenvalue weighted by atomic mass is 9.71. The Balaban J connectivity index is 1.28. The standard InChI is InChI=1S/C24H28N6O/c1-15-10-18(7-9-26-15)23-20-11-19-14-30(13-17-4-2-16(3-5-17)6-8-25)24(31)27-21(19)12-22(20)28-29-23/h2-5,7,9-10,19-23,28-29H,6,11-14H2,1H3,(H,27,31). The van der Waals surface area contributed by atoms with Crippen LogP contribution in [0.3, 0.4) is 0 Å². The van der Waals surface area contributed by atoms with E-state index < -0.39 is 0 Å². The zero-order valence-corrected chi connectivity index (χ0v) is 17.7. The van der Waals surface area contributed by atoms with E-state index >= 15 is 0 Å². The summed E-state index contributed by atoms with van der Waals surface area (Å²) >= 11 is 0. The van der Waals surface area contributed by atoms with Crippen LogP contribution in [0.5, 0.6) is 0 Å². The third kappa shape index (κ3) is 4.01. The minimum atomic E-state index is 0.0214. The van der Waals surface area contributed by atoms with Crippen molar-refractivity contribution in [1.29, 1.82) is 5.26 Å². The first kappa shape index (κ1) is 20.0. The maximum absolute atomic E-state index is 12.8. The molecule has 5 atom stereocenters. The highest BCUT2D eigenvalue weighted by molar-refractivity contribution is 5.75. The number of fused-ring (bicyclic) bond motifs is 2. The number of carbonyl (C=O) groups excluding carboxylic acids is 1. The van der Waals surface area contributed by atoms with Gasteiger partial charge in [-0.1, -0.05) is 24.3 Å². The molecule has 0 bridgehead atoms. The number of amides is 2. The molecule has 0 radical (unpaired) electrons. The summed E-state index contributed by atoms with van der Waals surface area (Å²) in [6, 6.07) is 15.3. The molecule has 160 valence electrons. The van der Waals surface area contributed by atoms with Crippen LogP contribution >= 0.6 is 0 Å². The fraction of sp³-hybridized carbons (Fsp3) is 0.458. The molecule has 3 heterocycles. The molecule has 5 rings (SSSR count). The quantitative estimate of drug-likeness (QED) is 0.712. The average Bonchev–Trinajstić information content (AvgIpc) is 3.17. The van der Waals surface area contributed by atoms with Crippen molar-refractivity contribution >= 4 is 6.03 Å². The van der Waals surface area contributed by atoms with Crippen LogP contribution in [-0.2, 0) is 13.0 Å². The molecule has 2 aromatic rings. The van der Waals surface area contributed by atoms with Gasteiger partial charge in [0.15, 0.2) is 0 Å². The smallest absolute Gasteiger partial charge is 0.317 e. The van der Waals surface area contributed by atoms with Crippen molar-refractivity contribution in [3.05, 3.63) is 65.0 Å². The Morgan fingerprint density at radius 1 is 1.13 bits per heavy atom. The van der Waals surface area contributed by atoms with Gasteiger partial charge in [-0.3, -0.25) is 10.4 Å². The predicted molar refractivity (Wildman–Crippen MR) is 116 cm³/mol. The number of aromatic nitrogens is 1. The Morgan fingerprint density at radius 2 is 1.94 bits per heavy atom. The molecule has 1 saturated carbocycles. The van der Waals surface area contributed by atoms with Gasteiger partial charge in [0.2, 0.25) is 0 Å². The maximum Gasteiger partial charge on any atom is 0.317 e. The van der Waals surface area contributed by atoms with Gasteiger partial charge in [0.05, 0.1) is 18.5 Å². The van der Waals surface area contributed by atoms with Crippen molar-refractivity contribution in [2.24, 2.45) is 11.8 Å². The molecule has 3 fully saturated rings. The second-order valence-corrected chi connectivity index (χ2v) is 9.09.